The van der Waals surface area contributed by atoms with Gasteiger partial charge >= 0.3 is 5.69 Å². The van der Waals surface area contributed by atoms with Crippen molar-refractivity contribution < 1.29 is 24.7 Å². The van der Waals surface area contributed by atoms with E-state index >= 15 is 0 Å². The molecular formula is C15H13N3O6. The predicted octanol–water partition coefficient (Wildman–Crippen LogP) is 1.78. The average molecular weight is 331 g/mol. The molecule has 0 saturated carbocycles. The molecule has 3 N–H and O–H groups in total. The highest BCUT2D eigenvalue weighted by molar-refractivity contribution is 5.97. The van der Waals surface area contributed by atoms with Crippen molar-refractivity contribution in [3.05, 3.63) is 57.6 Å². The number of para-hydroxylation sites is 1. The molecule has 0 aliphatic heterocycles. The molecular weight excluding hydrogens is 318 g/mol. The Morgan fingerprint density at radius 2 is 2.04 bits per heavy atom. The highest BCUT2D eigenvalue weighted by Gasteiger charge is 2.19. The summed E-state index contributed by atoms with van der Waals surface area (Å²) in [6.07, 6.45) is 1.03. The zero-order valence-corrected chi connectivity index (χ0v) is 12.5. The number of carbonyl (C=O) groups is 1. The number of nitrogens with one attached hydrogen (secondary N) is 1. The van der Waals surface area contributed by atoms with Crippen molar-refractivity contribution in [2.24, 2.45) is 5.10 Å². The number of hydrogen-bond acceptors (Lipinski definition) is 7. The fourth-order valence-corrected chi connectivity index (χ4v) is 1.86. The molecule has 0 unspecified atom stereocenters. The van der Waals surface area contributed by atoms with Gasteiger partial charge in [0, 0.05) is 5.56 Å². The molecule has 0 radical (unpaired) electrons. The highest BCUT2D eigenvalue weighted by Crippen LogP contribution is 2.33. The molecule has 0 aliphatic carbocycles. The van der Waals surface area contributed by atoms with Crippen molar-refractivity contribution in [2.75, 3.05) is 7.11 Å². The summed E-state index contributed by atoms with van der Waals surface area (Å²) in [4.78, 5) is 22.0. The van der Waals surface area contributed by atoms with Gasteiger partial charge in [0.15, 0.2) is 0 Å². The van der Waals surface area contributed by atoms with E-state index in [4.69, 9.17) is 4.74 Å². The number of phenols is 2. The lowest BCUT2D eigenvalue weighted by Gasteiger charge is -2.05. The lowest BCUT2D eigenvalue weighted by molar-refractivity contribution is -0.385. The minimum absolute atomic E-state index is 0.00972. The van der Waals surface area contributed by atoms with Crippen molar-refractivity contribution in [3.63, 3.8) is 0 Å². The van der Waals surface area contributed by atoms with Crippen LogP contribution in [0, 0.1) is 10.1 Å². The number of aromatic hydroxyl groups is 2. The number of nitro groups is 1. The molecule has 2 aromatic carbocycles. The van der Waals surface area contributed by atoms with Crippen LogP contribution in [0.1, 0.15) is 15.9 Å². The van der Waals surface area contributed by atoms with Crippen molar-refractivity contribution >= 4 is 17.8 Å². The van der Waals surface area contributed by atoms with E-state index < -0.39 is 22.3 Å². The number of nitro benzene ring substituents is 1. The number of hydrazone groups is 1. The second kappa shape index (κ2) is 7.09. The second-order valence-corrected chi connectivity index (χ2v) is 4.56. The third kappa shape index (κ3) is 3.58. The summed E-state index contributed by atoms with van der Waals surface area (Å²) in [7, 11) is 1.32. The summed E-state index contributed by atoms with van der Waals surface area (Å²) in [6, 6.07) is 8.24. The quantitative estimate of drug-likeness (QED) is 0.434. The molecule has 24 heavy (non-hydrogen) atoms. The summed E-state index contributed by atoms with van der Waals surface area (Å²) < 4.78 is 4.92. The number of carbonyl (C=O) groups excluding carboxylic acids is 1. The molecule has 0 fully saturated rings. The Balaban J connectivity index is 2.23. The third-order valence-corrected chi connectivity index (χ3v) is 3.04. The predicted molar refractivity (Wildman–Crippen MR) is 84.5 cm³/mol. The van der Waals surface area contributed by atoms with Crippen LogP contribution in [0.25, 0.3) is 0 Å². The van der Waals surface area contributed by atoms with Gasteiger partial charge in [-0.2, -0.15) is 5.10 Å². The van der Waals surface area contributed by atoms with Crippen molar-refractivity contribution in [2.45, 2.75) is 0 Å². The standard InChI is InChI=1S/C15H13N3O6/c1-24-10-6-9(14(20)12(7-10)18(22)23)8-16-17-15(21)11-4-2-3-5-13(11)19/h2-8,19-20H,1H3,(H,17,21)/b16-8-. The Morgan fingerprint density at radius 1 is 1.33 bits per heavy atom. The number of phenolic OH excluding ortho intramolecular Hbond substituents is 2. The Hall–Kier alpha value is -3.62. The Kier molecular flexibility index (Phi) is 4.95. The van der Waals surface area contributed by atoms with Gasteiger partial charge in [-0.05, 0) is 18.2 Å². The average Bonchev–Trinajstić information content (AvgIpc) is 2.56. The Labute approximate surface area is 136 Å². The van der Waals surface area contributed by atoms with Gasteiger partial charge in [-0.15, -0.1) is 0 Å². The number of amides is 1. The molecule has 0 aromatic heterocycles. The first-order valence-corrected chi connectivity index (χ1v) is 6.60. The summed E-state index contributed by atoms with van der Waals surface area (Å²) in [5.74, 6) is -1.36. The molecule has 0 aliphatic rings. The number of nitrogens with zero attached hydrogens (tertiary/aromatic N) is 2. The van der Waals surface area contributed by atoms with E-state index in [0.29, 0.717) is 0 Å². The van der Waals surface area contributed by atoms with Gasteiger partial charge in [0.2, 0.25) is 5.75 Å². The maximum Gasteiger partial charge on any atom is 0.315 e. The summed E-state index contributed by atoms with van der Waals surface area (Å²) in [6.45, 7) is 0. The summed E-state index contributed by atoms with van der Waals surface area (Å²) in [5.41, 5.74) is 1.59. The molecule has 2 rings (SSSR count). The van der Waals surface area contributed by atoms with E-state index in [1.54, 1.807) is 12.1 Å². The number of hydrogen-bond donors (Lipinski definition) is 3. The van der Waals surface area contributed by atoms with Crippen LogP contribution in [0.5, 0.6) is 17.2 Å². The van der Waals surface area contributed by atoms with Crippen molar-refractivity contribution in [3.8, 4) is 17.2 Å². The van der Waals surface area contributed by atoms with Gasteiger partial charge in [0.25, 0.3) is 5.91 Å². The fraction of sp³-hybridized carbons (Fsp3) is 0.0667. The molecule has 0 atom stereocenters. The lowest BCUT2D eigenvalue weighted by atomic mass is 10.1. The number of ether oxygens (including phenoxy) is 1. The van der Waals surface area contributed by atoms with E-state index in [1.807, 2.05) is 0 Å². The largest absolute Gasteiger partial charge is 0.507 e. The molecule has 9 heteroatoms. The number of methoxy groups -OCH3 is 1. The van der Waals surface area contributed by atoms with Crippen LogP contribution in [0.3, 0.4) is 0 Å². The Bertz CT molecular complexity index is 819. The summed E-state index contributed by atoms with van der Waals surface area (Å²) in [5, 5.41) is 33.9. The van der Waals surface area contributed by atoms with Crippen LogP contribution in [0.15, 0.2) is 41.5 Å². The van der Waals surface area contributed by atoms with Gasteiger partial charge < -0.3 is 14.9 Å². The molecule has 0 saturated heterocycles. The first-order chi connectivity index (χ1) is 11.4. The topological polar surface area (TPSA) is 134 Å². The smallest absolute Gasteiger partial charge is 0.315 e. The van der Waals surface area contributed by atoms with Crippen molar-refractivity contribution in [1.82, 2.24) is 5.43 Å². The monoisotopic (exact) mass is 331 g/mol. The van der Waals surface area contributed by atoms with Crippen molar-refractivity contribution in [1.29, 1.82) is 0 Å². The van der Waals surface area contributed by atoms with Gasteiger partial charge in [-0.1, -0.05) is 12.1 Å². The van der Waals surface area contributed by atoms with E-state index in [1.165, 1.54) is 25.3 Å². The van der Waals surface area contributed by atoms with Gasteiger partial charge in [0.05, 0.1) is 29.9 Å². The van der Waals surface area contributed by atoms with E-state index in [0.717, 1.165) is 12.3 Å². The van der Waals surface area contributed by atoms with Crippen LogP contribution in [-0.4, -0.2) is 34.4 Å². The first-order valence-electron chi connectivity index (χ1n) is 6.60. The minimum Gasteiger partial charge on any atom is -0.507 e. The third-order valence-electron chi connectivity index (χ3n) is 3.04. The van der Waals surface area contributed by atoms with Crippen LogP contribution in [0.4, 0.5) is 5.69 Å². The zero-order chi connectivity index (χ0) is 17.7. The van der Waals surface area contributed by atoms with E-state index in [2.05, 4.69) is 10.5 Å². The molecule has 1 amide bonds. The highest BCUT2D eigenvalue weighted by atomic mass is 16.6. The molecule has 0 spiro atoms. The normalized spacial score (nSPS) is 10.5. The zero-order valence-electron chi connectivity index (χ0n) is 12.5. The van der Waals surface area contributed by atoms with Crippen LogP contribution >= 0.6 is 0 Å². The maximum absolute atomic E-state index is 11.9. The van der Waals surface area contributed by atoms with E-state index in [9.17, 15) is 25.1 Å². The molecule has 124 valence electrons. The van der Waals surface area contributed by atoms with Crippen LogP contribution in [0.2, 0.25) is 0 Å². The number of rotatable bonds is 5. The lowest BCUT2D eigenvalue weighted by Crippen LogP contribution is -2.17. The SMILES string of the molecule is COc1cc(/C=N\NC(=O)c2ccccc2O)c(O)c([N+](=O)[O-])c1. The van der Waals surface area contributed by atoms with Crippen LogP contribution < -0.4 is 10.2 Å². The summed E-state index contributed by atoms with van der Waals surface area (Å²) >= 11 is 0. The van der Waals surface area contributed by atoms with Gasteiger partial charge in [-0.25, -0.2) is 5.43 Å². The minimum atomic E-state index is -0.768. The van der Waals surface area contributed by atoms with E-state index in [-0.39, 0.29) is 22.6 Å². The molecule has 0 bridgehead atoms. The first kappa shape index (κ1) is 16.7. The fourth-order valence-electron chi connectivity index (χ4n) is 1.86. The van der Waals surface area contributed by atoms with Crippen LogP contribution in [-0.2, 0) is 0 Å². The molecule has 9 nitrogen and oxygen atoms in total. The number of benzene rings is 2. The maximum atomic E-state index is 11.9. The molecule has 2 aromatic rings. The second-order valence-electron chi connectivity index (χ2n) is 4.56. The van der Waals surface area contributed by atoms with Gasteiger partial charge in [0.1, 0.15) is 11.5 Å². The van der Waals surface area contributed by atoms with Gasteiger partial charge in [-0.3, -0.25) is 14.9 Å². The molecule has 0 heterocycles. The Morgan fingerprint density at radius 3 is 2.67 bits per heavy atom.